The molecule has 100 valence electrons. The lowest BCUT2D eigenvalue weighted by molar-refractivity contribution is -0.118. The van der Waals surface area contributed by atoms with Crippen LogP contribution in [0, 0.1) is 0 Å². The van der Waals surface area contributed by atoms with Gasteiger partial charge in [-0.15, -0.1) is 0 Å². The first kappa shape index (κ1) is 13.9. The molecule has 0 saturated carbocycles. The smallest absolute Gasteiger partial charge is 0.251 e. The summed E-state index contributed by atoms with van der Waals surface area (Å²) in [7, 11) is 0. The van der Waals surface area contributed by atoms with Gasteiger partial charge in [0.25, 0.3) is 5.91 Å². The summed E-state index contributed by atoms with van der Waals surface area (Å²) >= 11 is 7.22. The number of amides is 2. The van der Waals surface area contributed by atoms with E-state index in [4.69, 9.17) is 11.6 Å². The summed E-state index contributed by atoms with van der Waals surface area (Å²) in [6.07, 6.45) is 0. The zero-order chi connectivity index (χ0) is 13.7. The zero-order valence-electron chi connectivity index (χ0n) is 9.98. The van der Waals surface area contributed by atoms with Crippen molar-refractivity contribution in [3.63, 3.8) is 0 Å². The van der Waals surface area contributed by atoms with Crippen LogP contribution in [0.4, 0.5) is 0 Å². The van der Waals surface area contributed by atoms with Gasteiger partial charge in [-0.2, -0.15) is 0 Å². The lowest BCUT2D eigenvalue weighted by Gasteiger charge is -2.06. The van der Waals surface area contributed by atoms with Gasteiger partial charge in [0.2, 0.25) is 5.91 Å². The molecule has 1 aliphatic heterocycles. The molecule has 0 radical (unpaired) electrons. The molecule has 1 aromatic rings. The molecule has 0 fully saturated rings. The van der Waals surface area contributed by atoms with Gasteiger partial charge in [-0.05, 0) is 24.3 Å². The number of carbonyl (C=O) groups excluding carboxylic acids is 2. The highest BCUT2D eigenvalue weighted by Crippen LogP contribution is 2.09. The van der Waals surface area contributed by atoms with Gasteiger partial charge in [0.1, 0.15) is 0 Å². The number of benzene rings is 1. The number of nitrogens with zero attached hydrogens (tertiary/aromatic N) is 1. The van der Waals surface area contributed by atoms with E-state index in [1.807, 2.05) is 0 Å². The summed E-state index contributed by atoms with van der Waals surface area (Å²) in [5, 5.41) is 6.34. The summed E-state index contributed by atoms with van der Waals surface area (Å²) in [5.41, 5.74) is 0.463. The van der Waals surface area contributed by atoms with Crippen molar-refractivity contribution < 1.29 is 9.59 Å². The maximum atomic E-state index is 11.7. The molecule has 1 aromatic carbocycles. The first-order chi connectivity index (χ1) is 9.15. The highest BCUT2D eigenvalue weighted by molar-refractivity contribution is 8.14. The van der Waals surface area contributed by atoms with Crippen molar-refractivity contribution in [1.82, 2.24) is 10.6 Å². The van der Waals surface area contributed by atoms with Crippen molar-refractivity contribution in [2.24, 2.45) is 4.99 Å². The molecule has 0 spiro atoms. The molecule has 0 saturated heterocycles. The molecule has 1 aliphatic rings. The molecule has 5 nitrogen and oxygen atoms in total. The van der Waals surface area contributed by atoms with Gasteiger partial charge < -0.3 is 10.6 Å². The molecule has 7 heteroatoms. The predicted molar refractivity (Wildman–Crippen MR) is 76.7 cm³/mol. The minimum Gasteiger partial charge on any atom is -0.343 e. The standard InChI is InChI=1S/C12H12ClN3O2S/c13-9-3-1-8(2-4-9)11(18)15-7-10(17)16-12-14-5-6-19-12/h1-4H,5-7H2,(H,15,18)(H,14,16,17). The third kappa shape index (κ3) is 4.25. The van der Waals surface area contributed by atoms with Gasteiger partial charge in [0, 0.05) is 16.3 Å². The summed E-state index contributed by atoms with van der Waals surface area (Å²) < 4.78 is 0. The van der Waals surface area contributed by atoms with E-state index in [0.29, 0.717) is 15.8 Å². The minimum absolute atomic E-state index is 0.0823. The van der Waals surface area contributed by atoms with Gasteiger partial charge >= 0.3 is 0 Å². The Morgan fingerprint density at radius 3 is 2.68 bits per heavy atom. The van der Waals surface area contributed by atoms with Gasteiger partial charge in [0.15, 0.2) is 5.17 Å². The number of hydrogen-bond acceptors (Lipinski definition) is 4. The van der Waals surface area contributed by atoms with Crippen LogP contribution in [0.25, 0.3) is 0 Å². The maximum absolute atomic E-state index is 11.7. The van der Waals surface area contributed by atoms with Gasteiger partial charge in [-0.3, -0.25) is 14.6 Å². The molecule has 19 heavy (non-hydrogen) atoms. The highest BCUT2D eigenvalue weighted by Gasteiger charge is 2.12. The maximum Gasteiger partial charge on any atom is 0.251 e. The van der Waals surface area contributed by atoms with E-state index in [-0.39, 0.29) is 18.4 Å². The second kappa shape index (κ2) is 6.58. The number of nitrogens with one attached hydrogen (secondary N) is 2. The van der Waals surface area contributed by atoms with Crippen LogP contribution in [0.3, 0.4) is 0 Å². The predicted octanol–water partition coefficient (Wildman–Crippen LogP) is 1.29. The number of carbonyl (C=O) groups is 2. The van der Waals surface area contributed by atoms with Gasteiger partial charge in [-0.25, -0.2) is 0 Å². The lowest BCUT2D eigenvalue weighted by atomic mass is 10.2. The quantitative estimate of drug-likeness (QED) is 0.883. The lowest BCUT2D eigenvalue weighted by Crippen LogP contribution is -2.38. The van der Waals surface area contributed by atoms with E-state index in [0.717, 1.165) is 12.3 Å². The molecule has 0 bridgehead atoms. The number of thioether (sulfide) groups is 1. The average Bonchev–Trinajstić information content (AvgIpc) is 2.89. The Hall–Kier alpha value is -1.53. The van der Waals surface area contributed by atoms with Crippen molar-refractivity contribution in [3.05, 3.63) is 34.9 Å². The first-order valence-corrected chi connectivity index (χ1v) is 7.02. The largest absolute Gasteiger partial charge is 0.343 e. The van der Waals surface area contributed by atoms with Crippen LogP contribution in [-0.2, 0) is 4.79 Å². The van der Waals surface area contributed by atoms with Crippen LogP contribution in [0.1, 0.15) is 10.4 Å². The normalized spacial score (nSPS) is 13.8. The van der Waals surface area contributed by atoms with Crippen LogP contribution in [0.2, 0.25) is 5.02 Å². The average molecular weight is 298 g/mol. The third-order valence-electron chi connectivity index (χ3n) is 2.35. The number of aliphatic imine (C=N–C) groups is 1. The number of amidine groups is 1. The Morgan fingerprint density at radius 1 is 1.32 bits per heavy atom. The minimum atomic E-state index is -0.312. The van der Waals surface area contributed by atoms with Crippen LogP contribution in [-0.4, -0.2) is 35.8 Å². The monoisotopic (exact) mass is 297 g/mol. The second-order valence-electron chi connectivity index (χ2n) is 3.77. The molecular weight excluding hydrogens is 286 g/mol. The van der Waals surface area contributed by atoms with Crippen LogP contribution >= 0.6 is 23.4 Å². The number of halogens is 1. The van der Waals surface area contributed by atoms with Gasteiger partial charge in [-0.1, -0.05) is 23.4 Å². The zero-order valence-corrected chi connectivity index (χ0v) is 11.6. The Kier molecular flexibility index (Phi) is 4.81. The number of rotatable bonds is 3. The fraction of sp³-hybridized carbons (Fsp3) is 0.250. The van der Waals surface area contributed by atoms with Crippen molar-refractivity contribution in [1.29, 1.82) is 0 Å². The van der Waals surface area contributed by atoms with E-state index in [9.17, 15) is 9.59 Å². The van der Waals surface area contributed by atoms with Crippen LogP contribution in [0.5, 0.6) is 0 Å². The SMILES string of the molecule is O=C(CNC(=O)c1ccc(Cl)cc1)NC1=NCCS1. The molecular formula is C12H12ClN3O2S. The van der Waals surface area contributed by atoms with Crippen molar-refractivity contribution in [3.8, 4) is 0 Å². The summed E-state index contributed by atoms with van der Waals surface area (Å²) in [5.74, 6) is 0.288. The first-order valence-electron chi connectivity index (χ1n) is 5.66. The Labute approximate surface area is 119 Å². The van der Waals surface area contributed by atoms with E-state index >= 15 is 0 Å². The second-order valence-corrected chi connectivity index (χ2v) is 5.29. The van der Waals surface area contributed by atoms with Crippen molar-refractivity contribution in [2.75, 3.05) is 18.8 Å². The van der Waals surface area contributed by atoms with Crippen molar-refractivity contribution >= 4 is 40.3 Å². The molecule has 0 aromatic heterocycles. The number of hydrogen-bond donors (Lipinski definition) is 2. The molecule has 0 aliphatic carbocycles. The molecule has 0 atom stereocenters. The third-order valence-corrected chi connectivity index (χ3v) is 3.49. The Bertz CT molecular complexity index is 516. The molecule has 2 N–H and O–H groups in total. The highest BCUT2D eigenvalue weighted by atomic mass is 35.5. The van der Waals surface area contributed by atoms with E-state index in [2.05, 4.69) is 15.6 Å². The summed E-state index contributed by atoms with van der Waals surface area (Å²) in [6, 6.07) is 6.46. The van der Waals surface area contributed by atoms with E-state index in [1.54, 1.807) is 24.3 Å². The van der Waals surface area contributed by atoms with Crippen LogP contribution < -0.4 is 10.6 Å². The Morgan fingerprint density at radius 2 is 2.05 bits per heavy atom. The van der Waals surface area contributed by atoms with Gasteiger partial charge in [0.05, 0.1) is 13.1 Å². The van der Waals surface area contributed by atoms with E-state index in [1.165, 1.54) is 11.8 Å². The summed E-state index contributed by atoms with van der Waals surface area (Å²) in [6.45, 7) is 0.637. The summed E-state index contributed by atoms with van der Waals surface area (Å²) in [4.78, 5) is 27.4. The fourth-order valence-corrected chi connectivity index (χ4v) is 2.31. The van der Waals surface area contributed by atoms with Crippen LogP contribution in [0.15, 0.2) is 29.3 Å². The molecule has 0 unspecified atom stereocenters. The molecule has 1 heterocycles. The topological polar surface area (TPSA) is 70.6 Å². The fourth-order valence-electron chi connectivity index (χ4n) is 1.44. The van der Waals surface area contributed by atoms with Crippen molar-refractivity contribution in [2.45, 2.75) is 0 Å². The molecule has 2 rings (SSSR count). The Balaban J connectivity index is 1.79. The molecule has 2 amide bonds. The van der Waals surface area contributed by atoms with E-state index < -0.39 is 0 Å².